The van der Waals surface area contributed by atoms with Crippen molar-refractivity contribution in [3.63, 3.8) is 0 Å². The van der Waals surface area contributed by atoms with Gasteiger partial charge in [-0.05, 0) is 49.6 Å². The number of hydrogen-bond acceptors (Lipinski definition) is 7. The van der Waals surface area contributed by atoms with E-state index in [1.807, 2.05) is 0 Å². The number of sulfone groups is 1. The first kappa shape index (κ1) is 23.3. The molecule has 1 aromatic heterocycles. The van der Waals surface area contributed by atoms with Crippen LogP contribution in [-0.4, -0.2) is 43.9 Å². The molecule has 2 fully saturated rings. The van der Waals surface area contributed by atoms with E-state index < -0.39 is 27.9 Å². The number of nitrogens with zero attached hydrogens (tertiary/aromatic N) is 1. The van der Waals surface area contributed by atoms with Gasteiger partial charge in [-0.1, -0.05) is 12.8 Å². The zero-order valence-electron chi connectivity index (χ0n) is 17.4. The largest absolute Gasteiger partial charge is 0.573 e. The maximum Gasteiger partial charge on any atom is 0.573 e. The van der Waals surface area contributed by atoms with E-state index in [9.17, 15) is 26.4 Å². The molecule has 0 radical (unpaired) electrons. The van der Waals surface area contributed by atoms with Gasteiger partial charge in [0.2, 0.25) is 9.84 Å². The second-order valence-corrected chi connectivity index (χ2v) is 10.2. The highest BCUT2D eigenvalue weighted by molar-refractivity contribution is 7.91. The molecule has 1 spiro atoms. The molecule has 2 heterocycles. The fourth-order valence-electron chi connectivity index (χ4n) is 4.31. The molecule has 8 nitrogen and oxygen atoms in total. The number of pyridine rings is 1. The number of nitrogens with two attached hydrogens (primary N) is 1. The highest BCUT2D eigenvalue weighted by atomic mass is 32.2. The molecule has 4 rings (SSSR count). The second kappa shape index (κ2) is 8.49. The maximum absolute atomic E-state index is 12.8. The van der Waals surface area contributed by atoms with Gasteiger partial charge in [0.15, 0.2) is 5.69 Å². The van der Waals surface area contributed by atoms with Gasteiger partial charge in [-0.2, -0.15) is 0 Å². The predicted octanol–water partition coefficient (Wildman–Crippen LogP) is 3.23. The minimum absolute atomic E-state index is 0.116. The third-order valence-electron chi connectivity index (χ3n) is 5.84. The van der Waals surface area contributed by atoms with Crippen molar-refractivity contribution in [1.82, 2.24) is 10.3 Å². The summed E-state index contributed by atoms with van der Waals surface area (Å²) in [6.45, 7) is 0.395. The number of anilines is 1. The molecule has 1 saturated carbocycles. The van der Waals surface area contributed by atoms with Gasteiger partial charge in [0.1, 0.15) is 5.75 Å². The summed E-state index contributed by atoms with van der Waals surface area (Å²) >= 11 is 0. The Morgan fingerprint density at radius 2 is 1.85 bits per heavy atom. The number of carbonyl (C=O) groups is 1. The molecule has 1 atom stereocenters. The number of rotatable bonds is 5. The average molecular weight is 485 g/mol. The lowest BCUT2D eigenvalue weighted by atomic mass is 9.96. The van der Waals surface area contributed by atoms with Crippen molar-refractivity contribution < 1.29 is 35.9 Å². The van der Waals surface area contributed by atoms with Crippen molar-refractivity contribution in [1.29, 1.82) is 0 Å². The van der Waals surface area contributed by atoms with Crippen LogP contribution in [0.4, 0.5) is 18.9 Å². The van der Waals surface area contributed by atoms with E-state index in [0.29, 0.717) is 13.0 Å². The predicted molar refractivity (Wildman–Crippen MR) is 110 cm³/mol. The summed E-state index contributed by atoms with van der Waals surface area (Å²) in [6, 6.07) is 4.65. The number of amides is 1. The van der Waals surface area contributed by atoms with E-state index in [1.165, 1.54) is 0 Å². The van der Waals surface area contributed by atoms with Crippen LogP contribution in [0, 0.1) is 0 Å². The fourth-order valence-corrected chi connectivity index (χ4v) is 5.55. The van der Waals surface area contributed by atoms with Crippen molar-refractivity contribution in [2.45, 2.75) is 59.9 Å². The molecule has 2 aliphatic rings. The molecule has 178 valence electrons. The molecule has 1 amide bonds. The fraction of sp³-hybridized carbons (Fsp3) is 0.429. The topological polar surface area (TPSA) is 121 Å². The number of hydrogen-bond donors (Lipinski definition) is 2. The first-order valence-corrected chi connectivity index (χ1v) is 11.8. The Hall–Kier alpha value is -2.86. The van der Waals surface area contributed by atoms with Gasteiger partial charge in [-0.25, -0.2) is 13.4 Å². The third-order valence-corrected chi connectivity index (χ3v) is 7.58. The molecule has 1 aromatic carbocycles. The number of carbonyl (C=O) groups excluding carboxylic acids is 1. The summed E-state index contributed by atoms with van der Waals surface area (Å²) in [5.74, 6) is -1.09. The van der Waals surface area contributed by atoms with Crippen LogP contribution in [-0.2, 0) is 14.6 Å². The van der Waals surface area contributed by atoms with Crippen molar-refractivity contribution >= 4 is 21.4 Å². The molecular formula is C21H22F3N3O5S. The van der Waals surface area contributed by atoms with Gasteiger partial charge in [-0.15, -0.1) is 13.2 Å². The lowest BCUT2D eigenvalue weighted by molar-refractivity contribution is -0.274. The Kier molecular flexibility index (Phi) is 5.99. The molecule has 1 saturated heterocycles. The third kappa shape index (κ3) is 5.06. The number of aromatic nitrogens is 1. The van der Waals surface area contributed by atoms with Crippen LogP contribution in [0.15, 0.2) is 46.3 Å². The zero-order valence-corrected chi connectivity index (χ0v) is 18.2. The molecule has 12 heteroatoms. The van der Waals surface area contributed by atoms with Crippen LogP contribution in [0.1, 0.15) is 42.6 Å². The normalized spacial score (nSPS) is 20.2. The van der Waals surface area contributed by atoms with E-state index in [-0.39, 0.29) is 32.8 Å². The number of halogens is 3. The lowest BCUT2D eigenvalue weighted by Crippen LogP contribution is -2.37. The van der Waals surface area contributed by atoms with Crippen LogP contribution in [0.5, 0.6) is 5.75 Å². The van der Waals surface area contributed by atoms with Crippen molar-refractivity contribution in [2.24, 2.45) is 0 Å². The van der Waals surface area contributed by atoms with Crippen molar-refractivity contribution in [2.75, 3.05) is 12.3 Å². The summed E-state index contributed by atoms with van der Waals surface area (Å²) in [4.78, 5) is 16.0. The van der Waals surface area contributed by atoms with E-state index in [4.69, 9.17) is 10.5 Å². The minimum atomic E-state index is -4.89. The Balaban J connectivity index is 1.47. The smallest absolute Gasteiger partial charge is 0.406 e. The number of alkyl halides is 3. The first-order valence-electron chi connectivity index (χ1n) is 10.3. The van der Waals surface area contributed by atoms with Gasteiger partial charge in [-0.3, -0.25) is 4.79 Å². The Bertz CT molecular complexity index is 1150. The summed E-state index contributed by atoms with van der Waals surface area (Å²) in [5.41, 5.74) is 5.49. The van der Waals surface area contributed by atoms with Gasteiger partial charge < -0.3 is 20.5 Å². The van der Waals surface area contributed by atoms with Gasteiger partial charge in [0.05, 0.1) is 33.7 Å². The van der Waals surface area contributed by atoms with Crippen LogP contribution in [0.25, 0.3) is 0 Å². The lowest BCUT2D eigenvalue weighted by Gasteiger charge is -2.21. The molecule has 1 unspecified atom stereocenters. The van der Waals surface area contributed by atoms with Gasteiger partial charge in [0.25, 0.3) is 5.91 Å². The van der Waals surface area contributed by atoms with Crippen LogP contribution >= 0.6 is 0 Å². The van der Waals surface area contributed by atoms with Crippen LogP contribution in [0.2, 0.25) is 0 Å². The highest BCUT2D eigenvalue weighted by Crippen LogP contribution is 2.41. The second-order valence-electron chi connectivity index (χ2n) is 8.21. The van der Waals surface area contributed by atoms with E-state index >= 15 is 0 Å². The first-order chi connectivity index (χ1) is 15.5. The molecule has 3 N–H and O–H groups in total. The number of benzene rings is 1. The summed E-state index contributed by atoms with van der Waals surface area (Å²) in [7, 11) is -4.13. The Morgan fingerprint density at radius 3 is 2.45 bits per heavy atom. The highest BCUT2D eigenvalue weighted by Gasteiger charge is 2.43. The van der Waals surface area contributed by atoms with Crippen molar-refractivity contribution in [3.05, 3.63) is 42.2 Å². The molecule has 1 aliphatic carbocycles. The van der Waals surface area contributed by atoms with Crippen LogP contribution in [0.3, 0.4) is 0 Å². The molecule has 33 heavy (non-hydrogen) atoms. The van der Waals surface area contributed by atoms with E-state index in [1.54, 1.807) is 0 Å². The van der Waals surface area contributed by atoms with Crippen molar-refractivity contribution in [3.8, 4) is 5.75 Å². The zero-order chi connectivity index (χ0) is 23.9. The molecule has 2 aromatic rings. The molecule has 0 bridgehead atoms. The quantitative estimate of drug-likeness (QED) is 0.667. The standard InChI is InChI=1S/C21H22F3N3O5S/c22-21(23,24)32-14-3-5-15(6-4-14)33(29,30)16-9-17(25)18(26-11-16)19(28)27-13-10-20(31-12-13)7-1-2-8-20/h3-6,9,11,13H,1-2,7-8,10,12,25H2,(H,27,28). The maximum atomic E-state index is 12.8. The van der Waals surface area contributed by atoms with Gasteiger partial charge >= 0.3 is 6.36 Å². The monoisotopic (exact) mass is 485 g/mol. The van der Waals surface area contributed by atoms with E-state index in [0.717, 1.165) is 62.2 Å². The Morgan fingerprint density at radius 1 is 1.18 bits per heavy atom. The summed E-state index contributed by atoms with van der Waals surface area (Å²) < 4.78 is 72.1. The Labute approximate surface area is 188 Å². The summed E-state index contributed by atoms with van der Waals surface area (Å²) in [6.07, 6.45) is 0.943. The number of nitrogens with one attached hydrogen (secondary N) is 1. The SMILES string of the molecule is Nc1cc(S(=O)(=O)c2ccc(OC(F)(F)F)cc2)cnc1C(=O)NC1COC2(CCCC2)C1. The summed E-state index contributed by atoms with van der Waals surface area (Å²) in [5, 5.41) is 2.84. The minimum Gasteiger partial charge on any atom is -0.406 e. The molecule has 1 aliphatic heterocycles. The number of nitrogen functional groups attached to an aromatic ring is 1. The van der Waals surface area contributed by atoms with Crippen LogP contribution < -0.4 is 15.8 Å². The van der Waals surface area contributed by atoms with E-state index in [2.05, 4.69) is 15.0 Å². The molecular weight excluding hydrogens is 463 g/mol. The average Bonchev–Trinajstić information content (AvgIpc) is 3.36. The van der Waals surface area contributed by atoms with Gasteiger partial charge in [0, 0.05) is 6.20 Å². The number of ether oxygens (including phenoxy) is 2.